The van der Waals surface area contributed by atoms with E-state index in [1.165, 1.54) is 89.9 Å². The molecule has 3 atom stereocenters. The second kappa shape index (κ2) is 38.2. The minimum Gasteiger partial charge on any atom is -0.462 e. The number of likely N-dealkylation sites (N-methyl/N-ethyl adjacent to an activating group) is 1. The molecule has 0 rings (SSSR count). The maximum atomic E-state index is 12.7. The number of aliphatic hydroxyl groups excluding tert-OH is 1. The highest BCUT2D eigenvalue weighted by molar-refractivity contribution is 7.47. The molecule has 2 N–H and O–H groups in total. The summed E-state index contributed by atoms with van der Waals surface area (Å²) in [5.41, 5.74) is 0. The Morgan fingerprint density at radius 2 is 1.16 bits per heavy atom. The van der Waals surface area contributed by atoms with Crippen molar-refractivity contribution in [1.29, 1.82) is 0 Å². The fourth-order valence-corrected chi connectivity index (χ4v) is 6.58. The van der Waals surface area contributed by atoms with Gasteiger partial charge in [0.25, 0.3) is 0 Å². The van der Waals surface area contributed by atoms with Gasteiger partial charge in [0.15, 0.2) is 6.10 Å². The molecule has 0 aromatic carbocycles. The Morgan fingerprint density at radius 3 is 1.75 bits per heavy atom. The number of phosphoric ester groups is 1. The number of allylic oxidation sites excluding steroid dienone is 7. The van der Waals surface area contributed by atoms with Crippen molar-refractivity contribution in [2.45, 2.75) is 187 Å². The van der Waals surface area contributed by atoms with E-state index >= 15 is 0 Å². The van der Waals surface area contributed by atoms with E-state index in [1.807, 2.05) is 39.4 Å². The van der Waals surface area contributed by atoms with Crippen LogP contribution in [0.3, 0.4) is 0 Å². The molecule has 0 bridgehead atoms. The summed E-state index contributed by atoms with van der Waals surface area (Å²) in [4.78, 5) is 35.4. The van der Waals surface area contributed by atoms with Crippen LogP contribution in [0.5, 0.6) is 0 Å². The summed E-state index contributed by atoms with van der Waals surface area (Å²) in [6, 6.07) is 0. The number of phosphoric acid groups is 1. The summed E-state index contributed by atoms with van der Waals surface area (Å²) >= 11 is 0. The van der Waals surface area contributed by atoms with Crippen molar-refractivity contribution in [2.24, 2.45) is 0 Å². The average Bonchev–Trinajstić information content (AvgIpc) is 3.15. The first kappa shape index (κ1) is 54.9. The minimum atomic E-state index is -4.42. The fourth-order valence-electron chi connectivity index (χ4n) is 5.84. The Balaban J connectivity index is 4.54. The molecule has 0 aliphatic heterocycles. The first-order chi connectivity index (χ1) is 27.4. The Kier molecular flexibility index (Phi) is 36.8. The smallest absolute Gasteiger partial charge is 0.462 e. The van der Waals surface area contributed by atoms with E-state index in [9.17, 15) is 24.2 Å². The Hall–Kier alpha value is -2.07. The lowest BCUT2D eigenvalue weighted by Gasteiger charge is -2.24. The lowest BCUT2D eigenvalue weighted by Crippen LogP contribution is -2.37. The van der Waals surface area contributed by atoms with Crippen molar-refractivity contribution in [3.63, 3.8) is 0 Å². The summed E-state index contributed by atoms with van der Waals surface area (Å²) in [6.07, 6.45) is 40.5. The van der Waals surface area contributed by atoms with Crippen LogP contribution in [0.15, 0.2) is 48.6 Å². The van der Waals surface area contributed by atoms with Crippen molar-refractivity contribution >= 4 is 19.8 Å². The first-order valence-corrected chi connectivity index (χ1v) is 24.0. The Bertz CT molecular complexity index is 1130. The molecule has 0 saturated carbocycles. The topological polar surface area (TPSA) is 129 Å². The van der Waals surface area contributed by atoms with Gasteiger partial charge in [-0.05, 0) is 64.2 Å². The van der Waals surface area contributed by atoms with Crippen molar-refractivity contribution < 1.29 is 47.2 Å². The maximum absolute atomic E-state index is 12.7. The lowest BCUT2D eigenvalue weighted by atomic mass is 10.1. The van der Waals surface area contributed by atoms with E-state index in [2.05, 4.69) is 38.2 Å². The van der Waals surface area contributed by atoms with Gasteiger partial charge in [0.2, 0.25) is 0 Å². The molecule has 10 nitrogen and oxygen atoms in total. The average molecular weight is 827 g/mol. The van der Waals surface area contributed by atoms with Crippen molar-refractivity contribution in [1.82, 2.24) is 0 Å². The van der Waals surface area contributed by atoms with Crippen LogP contribution >= 0.6 is 7.82 Å². The maximum Gasteiger partial charge on any atom is 0.472 e. The zero-order valence-electron chi connectivity index (χ0n) is 36.9. The van der Waals surface area contributed by atoms with Gasteiger partial charge in [0.1, 0.15) is 19.8 Å². The van der Waals surface area contributed by atoms with Crippen LogP contribution in [0.4, 0.5) is 0 Å². The number of esters is 2. The molecule has 11 heteroatoms. The number of aliphatic hydroxyl groups is 1. The van der Waals surface area contributed by atoms with E-state index in [-0.39, 0.29) is 26.1 Å². The zero-order valence-corrected chi connectivity index (χ0v) is 37.8. The first-order valence-electron chi connectivity index (χ1n) is 22.5. The molecule has 0 amide bonds. The number of unbranched alkanes of at least 4 members (excludes halogenated alkanes) is 17. The SMILES string of the molecule is CCCCCC/C=C\CCCCCCCCCC(=O)O[C@H](COC(=O)CCCC(O)/C=C/C=C/C/C=C/CCCCCCCC)COP(=O)(O)OCC[N+](C)(C)C. The third-order valence-corrected chi connectivity index (χ3v) is 10.4. The van der Waals surface area contributed by atoms with Crippen molar-refractivity contribution in [2.75, 3.05) is 47.5 Å². The quantitative estimate of drug-likeness (QED) is 0.0155. The van der Waals surface area contributed by atoms with Crippen LogP contribution < -0.4 is 0 Å². The summed E-state index contributed by atoms with van der Waals surface area (Å²) in [7, 11) is 1.37. The normalized spacial score (nSPS) is 14.6. The van der Waals surface area contributed by atoms with Crippen LogP contribution in [-0.2, 0) is 32.7 Å². The highest BCUT2D eigenvalue weighted by Gasteiger charge is 2.27. The van der Waals surface area contributed by atoms with Gasteiger partial charge in [0, 0.05) is 12.8 Å². The predicted molar refractivity (Wildman–Crippen MR) is 235 cm³/mol. The molecule has 0 aliphatic carbocycles. The van der Waals surface area contributed by atoms with Gasteiger partial charge < -0.3 is 24.0 Å². The molecule has 0 aromatic rings. The van der Waals surface area contributed by atoms with Gasteiger partial charge in [-0.2, -0.15) is 0 Å². The third-order valence-electron chi connectivity index (χ3n) is 9.44. The highest BCUT2D eigenvalue weighted by atomic mass is 31.2. The van der Waals surface area contributed by atoms with E-state index in [1.54, 1.807) is 6.08 Å². The summed E-state index contributed by atoms with van der Waals surface area (Å²) in [6.45, 7) is 4.17. The number of carbonyl (C=O) groups is 2. The molecule has 0 fully saturated rings. The zero-order chi connectivity index (χ0) is 42.3. The minimum absolute atomic E-state index is 0.000980. The largest absolute Gasteiger partial charge is 0.472 e. The number of carbonyl (C=O) groups excluding carboxylic acids is 2. The van der Waals surface area contributed by atoms with E-state index in [0.29, 0.717) is 30.3 Å². The van der Waals surface area contributed by atoms with Gasteiger partial charge in [-0.1, -0.05) is 146 Å². The Morgan fingerprint density at radius 1 is 0.632 bits per heavy atom. The van der Waals surface area contributed by atoms with Crippen LogP contribution in [-0.4, -0.2) is 86.1 Å². The number of ether oxygens (including phenoxy) is 2. The van der Waals surface area contributed by atoms with Crippen LogP contribution in [0, 0.1) is 0 Å². The molecular formula is C46H85NO9P+. The van der Waals surface area contributed by atoms with Crippen LogP contribution in [0.25, 0.3) is 0 Å². The number of rotatable bonds is 40. The highest BCUT2D eigenvalue weighted by Crippen LogP contribution is 2.43. The molecule has 0 aromatic heterocycles. The number of nitrogens with zero attached hydrogens (tertiary/aromatic N) is 1. The van der Waals surface area contributed by atoms with Crippen LogP contribution in [0.2, 0.25) is 0 Å². The van der Waals surface area contributed by atoms with Gasteiger partial charge >= 0.3 is 19.8 Å². The number of hydrogen-bond donors (Lipinski definition) is 2. The Labute approximate surface area is 348 Å². The summed E-state index contributed by atoms with van der Waals surface area (Å²) < 4.78 is 34.1. The van der Waals surface area contributed by atoms with Gasteiger partial charge in [-0.15, -0.1) is 0 Å². The van der Waals surface area contributed by atoms with Gasteiger partial charge in [-0.25, -0.2) is 4.57 Å². The number of quaternary nitrogens is 1. The van der Waals surface area contributed by atoms with Crippen molar-refractivity contribution in [3.8, 4) is 0 Å². The second-order valence-electron chi connectivity index (χ2n) is 16.3. The number of hydrogen-bond acceptors (Lipinski definition) is 8. The second-order valence-corrected chi connectivity index (χ2v) is 17.7. The molecule has 0 radical (unpaired) electrons. The standard InChI is InChI=1S/C46H84NO9P/c1-6-8-10-12-14-16-18-20-21-23-25-27-29-31-33-37-46(50)56-44(42-55-57(51,52)54-40-39-47(3,4)5)41-53-45(49)38-34-36-43(48)35-32-30-28-26-24-22-19-17-15-13-11-9-7-2/h16,18,22,24,28,30,32,35,43-44,48H,6-15,17,19-21,23,25-27,29,31,33-34,36-42H2,1-5H3/p+1/b18-16-,24-22+,30-28+,35-32+/t43?,44-/m1/s1. The van der Waals surface area contributed by atoms with Crippen molar-refractivity contribution in [3.05, 3.63) is 48.6 Å². The van der Waals surface area contributed by atoms with E-state index in [0.717, 1.165) is 38.5 Å². The molecule has 0 heterocycles. The lowest BCUT2D eigenvalue weighted by molar-refractivity contribution is -0.870. The monoisotopic (exact) mass is 827 g/mol. The van der Waals surface area contributed by atoms with E-state index in [4.69, 9.17) is 18.5 Å². The van der Waals surface area contributed by atoms with E-state index < -0.39 is 38.6 Å². The molecular weight excluding hydrogens is 741 g/mol. The molecule has 2 unspecified atom stereocenters. The molecule has 332 valence electrons. The summed E-state index contributed by atoms with van der Waals surface area (Å²) in [5.74, 6) is -1.00. The fraction of sp³-hybridized carbons (Fsp3) is 0.783. The molecule has 0 spiro atoms. The molecule has 57 heavy (non-hydrogen) atoms. The van der Waals surface area contributed by atoms with Gasteiger partial charge in [-0.3, -0.25) is 18.6 Å². The molecule has 0 aliphatic rings. The van der Waals surface area contributed by atoms with Crippen LogP contribution in [0.1, 0.15) is 174 Å². The third kappa shape index (κ3) is 41.9. The predicted octanol–water partition coefficient (Wildman–Crippen LogP) is 11.7. The molecule has 0 saturated heterocycles. The van der Waals surface area contributed by atoms with Gasteiger partial charge in [0.05, 0.1) is 33.9 Å². The summed E-state index contributed by atoms with van der Waals surface area (Å²) in [5, 5.41) is 10.3.